The summed E-state index contributed by atoms with van der Waals surface area (Å²) in [6, 6.07) is 14.8. The van der Waals surface area contributed by atoms with Crippen LogP contribution in [0.1, 0.15) is 46.5 Å². The lowest BCUT2D eigenvalue weighted by atomic mass is 10.1. The van der Waals surface area contributed by atoms with Crippen molar-refractivity contribution in [2.24, 2.45) is 0 Å². The topological polar surface area (TPSA) is 126 Å². The van der Waals surface area contributed by atoms with E-state index in [0.29, 0.717) is 29.6 Å². The maximum atomic E-state index is 12.2. The zero-order valence-corrected chi connectivity index (χ0v) is 25.0. The van der Waals surface area contributed by atoms with Crippen LogP contribution in [-0.4, -0.2) is 64.9 Å². The van der Waals surface area contributed by atoms with E-state index >= 15 is 0 Å². The highest BCUT2D eigenvalue weighted by molar-refractivity contribution is 5.83. The predicted molar refractivity (Wildman–Crippen MR) is 167 cm³/mol. The zero-order valence-electron chi connectivity index (χ0n) is 25.0. The lowest BCUT2D eigenvalue weighted by molar-refractivity contribution is 0.00777. The summed E-state index contributed by atoms with van der Waals surface area (Å²) in [7, 11) is 0. The lowest BCUT2D eigenvalue weighted by Crippen LogP contribution is -2.46. The highest BCUT2D eigenvalue weighted by atomic mass is 16.6. The fourth-order valence-corrected chi connectivity index (χ4v) is 5.32. The van der Waals surface area contributed by atoms with Crippen LogP contribution >= 0.6 is 0 Å². The monoisotopic (exact) mass is 588 g/mol. The van der Waals surface area contributed by atoms with Crippen LogP contribution in [0.2, 0.25) is 0 Å². The minimum absolute atomic E-state index is 0.0571. The minimum atomic E-state index is -0.504. The number of carbonyl (C=O) groups is 1. The number of rotatable bonds is 4. The Morgan fingerprint density at radius 3 is 1.95 bits per heavy atom. The van der Waals surface area contributed by atoms with Crippen molar-refractivity contribution >= 4 is 27.6 Å². The maximum Gasteiger partial charge on any atom is 0.410 e. The Bertz CT molecular complexity index is 1670. The SMILES string of the molecule is CC(C)(C)OC(=O)N1CCC[C@H](Oc2ccc3c(=O)[nH]ccc3c2)C1.O=c1[nH]ccc2cc(O[C@H]3CCCNC3)ccc12. The van der Waals surface area contributed by atoms with E-state index in [1.54, 1.807) is 29.4 Å². The molecule has 0 aliphatic carbocycles. The number of ether oxygens (including phenoxy) is 3. The van der Waals surface area contributed by atoms with Gasteiger partial charge in [-0.1, -0.05) is 0 Å². The van der Waals surface area contributed by atoms with Crippen molar-refractivity contribution in [3.63, 3.8) is 0 Å². The van der Waals surface area contributed by atoms with E-state index < -0.39 is 5.60 Å². The molecule has 0 unspecified atom stereocenters. The number of fused-ring (bicyclic) bond motifs is 2. The van der Waals surface area contributed by atoms with Crippen LogP contribution in [0.5, 0.6) is 11.5 Å². The number of nitrogens with one attached hydrogen (secondary N) is 3. The van der Waals surface area contributed by atoms with Crippen molar-refractivity contribution < 1.29 is 19.0 Å². The Balaban J connectivity index is 0.000000180. The number of nitrogens with zero attached hydrogens (tertiary/aromatic N) is 1. The number of benzene rings is 2. The Hall–Kier alpha value is -4.31. The maximum absolute atomic E-state index is 12.2. The molecule has 2 saturated heterocycles. The molecule has 2 fully saturated rings. The third-order valence-electron chi connectivity index (χ3n) is 7.38. The summed E-state index contributed by atoms with van der Waals surface area (Å²) in [5.41, 5.74) is -0.674. The second kappa shape index (κ2) is 13.3. The first kappa shape index (κ1) is 30.2. The Kier molecular flexibility index (Phi) is 9.35. The van der Waals surface area contributed by atoms with Gasteiger partial charge < -0.3 is 34.4 Å². The van der Waals surface area contributed by atoms with Crippen molar-refractivity contribution in [1.29, 1.82) is 0 Å². The van der Waals surface area contributed by atoms with Gasteiger partial charge in [0.05, 0.1) is 6.54 Å². The summed E-state index contributed by atoms with van der Waals surface area (Å²) in [5.74, 6) is 1.54. The van der Waals surface area contributed by atoms with Crippen LogP contribution in [0.4, 0.5) is 4.79 Å². The van der Waals surface area contributed by atoms with Crippen LogP contribution in [0, 0.1) is 0 Å². The van der Waals surface area contributed by atoms with Gasteiger partial charge in [-0.25, -0.2) is 4.79 Å². The van der Waals surface area contributed by atoms with Gasteiger partial charge in [0.25, 0.3) is 11.1 Å². The van der Waals surface area contributed by atoms with Crippen LogP contribution < -0.4 is 25.9 Å². The molecule has 4 heterocycles. The molecular formula is C33H40N4O6. The number of carbonyl (C=O) groups excluding carboxylic acids is 1. The van der Waals surface area contributed by atoms with Gasteiger partial charge >= 0.3 is 6.09 Å². The molecule has 0 spiro atoms. The van der Waals surface area contributed by atoms with Gasteiger partial charge in [-0.05, 0) is 112 Å². The third-order valence-corrected chi connectivity index (χ3v) is 7.38. The number of hydrogen-bond donors (Lipinski definition) is 3. The predicted octanol–water partition coefficient (Wildman–Crippen LogP) is 4.97. The largest absolute Gasteiger partial charge is 0.489 e. The zero-order chi connectivity index (χ0) is 30.4. The Morgan fingerprint density at radius 1 is 0.814 bits per heavy atom. The number of likely N-dealkylation sites (tertiary alicyclic amines) is 1. The quantitative estimate of drug-likeness (QED) is 0.308. The average Bonchev–Trinajstić information content (AvgIpc) is 2.98. The molecule has 228 valence electrons. The van der Waals surface area contributed by atoms with Crippen molar-refractivity contribution in [2.75, 3.05) is 26.2 Å². The van der Waals surface area contributed by atoms with Crippen molar-refractivity contribution in [3.8, 4) is 11.5 Å². The molecule has 2 atom stereocenters. The molecule has 4 aromatic rings. The number of aromatic nitrogens is 2. The van der Waals surface area contributed by atoms with Gasteiger partial charge in [0, 0.05) is 36.3 Å². The molecule has 10 nitrogen and oxygen atoms in total. The number of pyridine rings is 2. The van der Waals surface area contributed by atoms with Gasteiger partial charge in [0.1, 0.15) is 29.3 Å². The normalized spacial score (nSPS) is 18.9. The van der Waals surface area contributed by atoms with E-state index in [9.17, 15) is 14.4 Å². The molecule has 10 heteroatoms. The number of amides is 1. The molecule has 2 aliphatic heterocycles. The molecule has 2 aromatic carbocycles. The van der Waals surface area contributed by atoms with Crippen molar-refractivity contribution in [3.05, 3.63) is 81.6 Å². The van der Waals surface area contributed by atoms with Crippen molar-refractivity contribution in [2.45, 2.75) is 64.3 Å². The summed E-state index contributed by atoms with van der Waals surface area (Å²) in [5, 5.41) is 6.41. The summed E-state index contributed by atoms with van der Waals surface area (Å²) in [6.45, 7) is 8.74. The van der Waals surface area contributed by atoms with E-state index in [-0.39, 0.29) is 29.4 Å². The standard InChI is InChI=1S/C19H24N2O4.C14H16N2O2/c1-19(2,3)25-18(23)21-10-4-5-15(12-21)24-14-6-7-16-13(11-14)8-9-20-17(16)22;17-14-13-4-3-11(8-10(13)5-7-16-14)18-12-2-1-6-15-9-12/h6-9,11,15H,4-5,10,12H2,1-3H3,(H,20,22);3-5,7-8,12,15H,1-2,6,9H2,(H,16,17)/t15-;12-/m00/s1. The number of aromatic amines is 2. The summed E-state index contributed by atoms with van der Waals surface area (Å²) < 4.78 is 17.4. The van der Waals surface area contributed by atoms with Gasteiger partial charge in [-0.15, -0.1) is 0 Å². The Labute approximate surface area is 250 Å². The van der Waals surface area contributed by atoms with E-state index in [1.165, 1.54) is 0 Å². The van der Waals surface area contributed by atoms with Crippen molar-refractivity contribution in [1.82, 2.24) is 20.2 Å². The minimum Gasteiger partial charge on any atom is -0.489 e. The number of H-pyrrole nitrogens is 2. The second-order valence-corrected chi connectivity index (χ2v) is 12.0. The highest BCUT2D eigenvalue weighted by Crippen LogP contribution is 2.24. The first-order valence-corrected chi connectivity index (χ1v) is 14.9. The summed E-state index contributed by atoms with van der Waals surface area (Å²) in [6.07, 6.45) is 7.13. The van der Waals surface area contributed by atoms with Gasteiger partial charge in [0.2, 0.25) is 0 Å². The second-order valence-electron chi connectivity index (χ2n) is 12.0. The van der Waals surface area contributed by atoms with E-state index in [4.69, 9.17) is 14.2 Å². The van der Waals surface area contributed by atoms with Crippen LogP contribution in [0.25, 0.3) is 21.5 Å². The van der Waals surface area contributed by atoms with E-state index in [1.807, 2.05) is 57.2 Å². The molecule has 6 rings (SSSR count). The number of hydrogen-bond acceptors (Lipinski definition) is 7. The molecule has 0 bridgehead atoms. The molecule has 3 N–H and O–H groups in total. The van der Waals surface area contributed by atoms with Gasteiger partial charge in [-0.3, -0.25) is 9.59 Å². The van der Waals surface area contributed by atoms with Gasteiger partial charge in [-0.2, -0.15) is 0 Å². The Morgan fingerprint density at radius 2 is 1.40 bits per heavy atom. The summed E-state index contributed by atoms with van der Waals surface area (Å²) in [4.78, 5) is 42.6. The molecule has 43 heavy (non-hydrogen) atoms. The molecule has 1 amide bonds. The highest BCUT2D eigenvalue weighted by Gasteiger charge is 2.28. The smallest absolute Gasteiger partial charge is 0.410 e. The van der Waals surface area contributed by atoms with E-state index in [2.05, 4.69) is 15.3 Å². The average molecular weight is 589 g/mol. The van der Waals surface area contributed by atoms with E-state index in [0.717, 1.165) is 55.3 Å². The van der Waals surface area contributed by atoms with Crippen LogP contribution in [0.3, 0.4) is 0 Å². The molecule has 2 aliphatic rings. The first-order valence-electron chi connectivity index (χ1n) is 14.9. The first-order chi connectivity index (χ1) is 20.6. The molecule has 2 aromatic heterocycles. The van der Waals surface area contributed by atoms with Gasteiger partial charge in [0.15, 0.2) is 0 Å². The molecule has 0 radical (unpaired) electrons. The fraction of sp³-hybridized carbons (Fsp3) is 0.424. The van der Waals surface area contributed by atoms with Crippen LogP contribution in [-0.2, 0) is 4.74 Å². The summed E-state index contributed by atoms with van der Waals surface area (Å²) >= 11 is 0. The molecular weight excluding hydrogens is 548 g/mol. The molecule has 0 saturated carbocycles. The third kappa shape index (κ3) is 8.16. The lowest BCUT2D eigenvalue weighted by Gasteiger charge is -2.34. The fourth-order valence-electron chi connectivity index (χ4n) is 5.32. The number of piperidine rings is 2. The van der Waals surface area contributed by atoms with Crippen LogP contribution in [0.15, 0.2) is 70.5 Å².